The van der Waals surface area contributed by atoms with Gasteiger partial charge in [-0.3, -0.25) is 4.79 Å². The molecule has 1 nitrogen and oxygen atoms in total. The van der Waals surface area contributed by atoms with Gasteiger partial charge < -0.3 is 0 Å². The minimum atomic E-state index is 0.289. The fourth-order valence-electron chi connectivity index (χ4n) is 0.788. The Labute approximate surface area is 84.0 Å². The molecule has 1 aromatic rings. The highest BCUT2D eigenvalue weighted by Gasteiger charge is 2.04. The molecule has 11 heavy (non-hydrogen) atoms. The Morgan fingerprint density at radius 3 is 3.00 bits per heavy atom. The van der Waals surface area contributed by atoms with Crippen LogP contribution >= 0.6 is 33.9 Å². The number of carbonyl (C=O) groups excluding carboxylic acids is 1. The van der Waals surface area contributed by atoms with Gasteiger partial charge in [0.05, 0.1) is 4.88 Å². The lowest BCUT2D eigenvalue weighted by molar-refractivity contribution is 0.0986. The molecule has 0 atom stereocenters. The summed E-state index contributed by atoms with van der Waals surface area (Å²) in [5, 5.41) is 1.94. The van der Waals surface area contributed by atoms with Crippen molar-refractivity contribution >= 4 is 39.7 Å². The van der Waals surface area contributed by atoms with Gasteiger partial charge in [0.1, 0.15) is 0 Å². The molecule has 1 rings (SSSR count). The topological polar surface area (TPSA) is 17.1 Å². The minimum Gasteiger partial charge on any atom is -0.293 e. The Hall–Kier alpha value is 0.1000. The average Bonchev–Trinajstić information content (AvgIpc) is 2.52. The van der Waals surface area contributed by atoms with Crippen molar-refractivity contribution in [3.63, 3.8) is 0 Å². The Balaban J connectivity index is 2.43. The predicted molar refractivity (Wildman–Crippen MR) is 56.8 cm³/mol. The lowest BCUT2D eigenvalue weighted by Gasteiger charge is -1.92. The second-order valence-corrected chi connectivity index (χ2v) is 4.22. The Morgan fingerprint density at radius 2 is 2.45 bits per heavy atom. The van der Waals surface area contributed by atoms with Crippen LogP contribution in [0.1, 0.15) is 22.5 Å². The molecule has 0 aliphatic carbocycles. The van der Waals surface area contributed by atoms with Crippen LogP contribution in [0.2, 0.25) is 0 Å². The monoisotopic (exact) mass is 280 g/mol. The molecule has 0 radical (unpaired) electrons. The van der Waals surface area contributed by atoms with Crippen molar-refractivity contribution in [2.24, 2.45) is 0 Å². The number of rotatable bonds is 4. The second-order valence-electron chi connectivity index (χ2n) is 2.19. The Morgan fingerprint density at radius 1 is 1.64 bits per heavy atom. The third kappa shape index (κ3) is 2.91. The second kappa shape index (κ2) is 4.87. The van der Waals surface area contributed by atoms with E-state index in [1.165, 1.54) is 11.3 Å². The van der Waals surface area contributed by atoms with E-state index in [4.69, 9.17) is 0 Å². The maximum absolute atomic E-state index is 11.3. The number of carbonyl (C=O) groups is 1. The number of ketones is 1. The molecule has 0 spiro atoms. The number of hydrogen-bond acceptors (Lipinski definition) is 2. The SMILES string of the molecule is O=C(CCCI)c1cccs1. The lowest BCUT2D eigenvalue weighted by atomic mass is 10.2. The van der Waals surface area contributed by atoms with E-state index in [0.717, 1.165) is 15.7 Å². The van der Waals surface area contributed by atoms with E-state index >= 15 is 0 Å². The van der Waals surface area contributed by atoms with Crippen molar-refractivity contribution in [1.29, 1.82) is 0 Å². The van der Waals surface area contributed by atoms with Crippen molar-refractivity contribution in [3.05, 3.63) is 22.4 Å². The van der Waals surface area contributed by atoms with E-state index in [2.05, 4.69) is 22.6 Å². The first-order valence-electron chi connectivity index (χ1n) is 3.47. The lowest BCUT2D eigenvalue weighted by Crippen LogP contribution is -1.95. The highest BCUT2D eigenvalue weighted by atomic mass is 127. The zero-order valence-corrected chi connectivity index (χ0v) is 9.02. The molecule has 0 amide bonds. The molecule has 0 saturated heterocycles. The van der Waals surface area contributed by atoms with E-state index in [9.17, 15) is 4.79 Å². The molecule has 1 aromatic heterocycles. The summed E-state index contributed by atoms with van der Waals surface area (Å²) in [6.07, 6.45) is 1.70. The van der Waals surface area contributed by atoms with E-state index in [-0.39, 0.29) is 5.78 Å². The van der Waals surface area contributed by atoms with E-state index in [1.807, 2.05) is 17.5 Å². The number of hydrogen-bond donors (Lipinski definition) is 0. The molecule has 1 heterocycles. The number of alkyl halides is 1. The Kier molecular flexibility index (Phi) is 4.07. The normalized spacial score (nSPS) is 9.91. The smallest absolute Gasteiger partial charge is 0.172 e. The Bertz CT molecular complexity index is 218. The molecule has 0 aromatic carbocycles. The van der Waals surface area contributed by atoms with Gasteiger partial charge in [-0.15, -0.1) is 11.3 Å². The fourth-order valence-corrected chi connectivity index (χ4v) is 1.86. The third-order valence-corrected chi connectivity index (χ3v) is 3.01. The summed E-state index contributed by atoms with van der Waals surface area (Å²) >= 11 is 3.82. The van der Waals surface area contributed by atoms with Gasteiger partial charge in [-0.2, -0.15) is 0 Å². The maximum Gasteiger partial charge on any atom is 0.172 e. The van der Waals surface area contributed by atoms with Crippen LogP contribution in [0.15, 0.2) is 17.5 Å². The summed E-state index contributed by atoms with van der Waals surface area (Å²) in [5.74, 6) is 0.289. The highest BCUT2D eigenvalue weighted by molar-refractivity contribution is 14.1. The quantitative estimate of drug-likeness (QED) is 0.470. The third-order valence-electron chi connectivity index (χ3n) is 1.33. The molecule has 0 fully saturated rings. The summed E-state index contributed by atoms with van der Waals surface area (Å²) in [6, 6.07) is 3.81. The van der Waals surface area contributed by atoms with Gasteiger partial charge >= 0.3 is 0 Å². The van der Waals surface area contributed by atoms with Crippen LogP contribution in [-0.4, -0.2) is 10.2 Å². The van der Waals surface area contributed by atoms with Crippen LogP contribution in [0, 0.1) is 0 Å². The number of halogens is 1. The van der Waals surface area contributed by atoms with Crippen molar-refractivity contribution in [2.75, 3.05) is 4.43 Å². The summed E-state index contributed by atoms with van der Waals surface area (Å²) in [5.41, 5.74) is 0. The zero-order valence-electron chi connectivity index (χ0n) is 6.05. The first kappa shape index (κ1) is 9.19. The van der Waals surface area contributed by atoms with Crippen LogP contribution in [0.3, 0.4) is 0 Å². The highest BCUT2D eigenvalue weighted by Crippen LogP contribution is 2.12. The van der Waals surface area contributed by atoms with Gasteiger partial charge in [-0.1, -0.05) is 28.7 Å². The van der Waals surface area contributed by atoms with Crippen molar-refractivity contribution < 1.29 is 4.79 Å². The average molecular weight is 280 g/mol. The van der Waals surface area contributed by atoms with Crippen LogP contribution < -0.4 is 0 Å². The van der Waals surface area contributed by atoms with Crippen LogP contribution in [-0.2, 0) is 0 Å². The molecule has 0 aliphatic heterocycles. The molecule has 0 bridgehead atoms. The van der Waals surface area contributed by atoms with Gasteiger partial charge in [-0.05, 0) is 22.3 Å². The molecule has 0 unspecified atom stereocenters. The van der Waals surface area contributed by atoms with Gasteiger partial charge in [0.25, 0.3) is 0 Å². The van der Waals surface area contributed by atoms with E-state index < -0.39 is 0 Å². The van der Waals surface area contributed by atoms with E-state index in [0.29, 0.717) is 6.42 Å². The van der Waals surface area contributed by atoms with Crippen LogP contribution in [0.4, 0.5) is 0 Å². The predicted octanol–water partition coefficient (Wildman–Crippen LogP) is 3.15. The molecular formula is C8H9IOS. The zero-order chi connectivity index (χ0) is 8.10. The first-order valence-corrected chi connectivity index (χ1v) is 5.88. The van der Waals surface area contributed by atoms with Crippen molar-refractivity contribution in [1.82, 2.24) is 0 Å². The van der Waals surface area contributed by atoms with E-state index in [1.54, 1.807) is 0 Å². The molecule has 0 saturated carbocycles. The van der Waals surface area contributed by atoms with Gasteiger partial charge in [0.2, 0.25) is 0 Å². The number of thiophene rings is 1. The molecule has 60 valence electrons. The summed E-state index contributed by atoms with van der Waals surface area (Å²) < 4.78 is 1.06. The van der Waals surface area contributed by atoms with Crippen LogP contribution in [0.5, 0.6) is 0 Å². The standard InChI is InChI=1S/C8H9IOS/c9-5-1-3-7(10)8-4-2-6-11-8/h2,4,6H,1,3,5H2. The molecule has 3 heteroatoms. The van der Waals surface area contributed by atoms with Gasteiger partial charge in [-0.25, -0.2) is 0 Å². The number of Topliss-reactive ketones (excluding diaryl/α,β-unsaturated/α-hetero) is 1. The molecule has 0 aliphatic rings. The fraction of sp³-hybridized carbons (Fsp3) is 0.375. The molecular weight excluding hydrogens is 271 g/mol. The summed E-state index contributed by atoms with van der Waals surface area (Å²) in [7, 11) is 0. The van der Waals surface area contributed by atoms with Gasteiger partial charge in [0.15, 0.2) is 5.78 Å². The summed E-state index contributed by atoms with van der Waals surface area (Å²) in [6.45, 7) is 0. The maximum atomic E-state index is 11.3. The first-order chi connectivity index (χ1) is 5.34. The van der Waals surface area contributed by atoms with Crippen LogP contribution in [0.25, 0.3) is 0 Å². The van der Waals surface area contributed by atoms with Crippen molar-refractivity contribution in [2.45, 2.75) is 12.8 Å². The minimum absolute atomic E-state index is 0.289. The van der Waals surface area contributed by atoms with Gasteiger partial charge in [0, 0.05) is 6.42 Å². The largest absolute Gasteiger partial charge is 0.293 e. The van der Waals surface area contributed by atoms with Crippen molar-refractivity contribution in [3.8, 4) is 0 Å². The molecule has 0 N–H and O–H groups in total. The summed E-state index contributed by atoms with van der Waals surface area (Å²) in [4.78, 5) is 12.2.